The van der Waals surface area contributed by atoms with E-state index in [1.807, 2.05) is 6.07 Å². The topological polar surface area (TPSA) is 77.8 Å². The molecule has 0 bridgehead atoms. The van der Waals surface area contributed by atoms with Crippen LogP contribution in [0.2, 0.25) is 0 Å². The molecule has 0 radical (unpaired) electrons. The molecule has 5 nitrogen and oxygen atoms in total. The van der Waals surface area contributed by atoms with E-state index in [0.717, 1.165) is 12.1 Å². The number of anilines is 3. The van der Waals surface area contributed by atoms with E-state index in [-0.39, 0.29) is 0 Å². The van der Waals surface area contributed by atoms with Crippen LogP contribution in [0.25, 0.3) is 0 Å². The number of amides is 1. The molecule has 3 aromatic rings. The van der Waals surface area contributed by atoms with Crippen molar-refractivity contribution < 1.29 is 18.0 Å². The largest absolute Gasteiger partial charge is 0.416 e. The molecule has 2 aromatic carbocycles. The number of nitrogens with zero attached hydrogens (tertiary/aromatic N) is 2. The molecule has 140 valence electrons. The second-order valence-corrected chi connectivity index (χ2v) is 5.78. The Hall–Kier alpha value is -3.86. The van der Waals surface area contributed by atoms with Gasteiger partial charge in [-0.3, -0.25) is 4.79 Å². The molecule has 0 unspecified atom stereocenters. The second kappa shape index (κ2) is 7.80. The van der Waals surface area contributed by atoms with Crippen LogP contribution in [0.15, 0.2) is 66.9 Å². The SMILES string of the molecule is N#Cc1cccc(NC(=O)c2ccnc(Nc3ccc(C(F)(F)F)cc3)c2)c1. The fourth-order valence-corrected chi connectivity index (χ4v) is 2.40. The maximum Gasteiger partial charge on any atom is 0.416 e. The number of nitriles is 1. The first kappa shape index (κ1) is 18.9. The molecule has 0 aliphatic carbocycles. The van der Waals surface area contributed by atoms with Crippen molar-refractivity contribution in [2.24, 2.45) is 0 Å². The number of halogens is 3. The molecule has 0 spiro atoms. The number of alkyl halides is 3. The van der Waals surface area contributed by atoms with Crippen molar-refractivity contribution in [2.45, 2.75) is 6.18 Å². The molecule has 0 fully saturated rings. The Balaban J connectivity index is 1.73. The highest BCUT2D eigenvalue weighted by Crippen LogP contribution is 2.30. The van der Waals surface area contributed by atoms with Crippen molar-refractivity contribution in [3.8, 4) is 6.07 Å². The summed E-state index contributed by atoms with van der Waals surface area (Å²) in [5.41, 5.74) is 0.834. The van der Waals surface area contributed by atoms with E-state index in [4.69, 9.17) is 5.26 Å². The number of hydrogen-bond acceptors (Lipinski definition) is 4. The second-order valence-electron chi connectivity index (χ2n) is 5.78. The Kier molecular flexibility index (Phi) is 5.27. The summed E-state index contributed by atoms with van der Waals surface area (Å²) in [5, 5.41) is 14.4. The van der Waals surface area contributed by atoms with Crippen molar-refractivity contribution in [1.29, 1.82) is 5.26 Å². The Morgan fingerprint density at radius 2 is 1.75 bits per heavy atom. The summed E-state index contributed by atoms with van der Waals surface area (Å²) in [4.78, 5) is 16.5. The van der Waals surface area contributed by atoms with Crippen LogP contribution in [0.3, 0.4) is 0 Å². The Labute approximate surface area is 158 Å². The van der Waals surface area contributed by atoms with Crippen LogP contribution in [-0.2, 0) is 6.18 Å². The zero-order valence-electron chi connectivity index (χ0n) is 14.3. The van der Waals surface area contributed by atoms with Crippen molar-refractivity contribution >= 4 is 23.1 Å². The van der Waals surface area contributed by atoms with Crippen LogP contribution in [0.1, 0.15) is 21.5 Å². The van der Waals surface area contributed by atoms with E-state index in [1.54, 1.807) is 24.3 Å². The van der Waals surface area contributed by atoms with E-state index >= 15 is 0 Å². The van der Waals surface area contributed by atoms with Gasteiger partial charge in [0.15, 0.2) is 0 Å². The van der Waals surface area contributed by atoms with Gasteiger partial charge in [-0.15, -0.1) is 0 Å². The normalized spacial score (nSPS) is 10.8. The molecule has 0 saturated carbocycles. The van der Waals surface area contributed by atoms with Gasteiger partial charge < -0.3 is 10.6 Å². The van der Waals surface area contributed by atoms with Gasteiger partial charge >= 0.3 is 6.18 Å². The number of aromatic nitrogens is 1. The maximum absolute atomic E-state index is 12.6. The summed E-state index contributed by atoms with van der Waals surface area (Å²) >= 11 is 0. The third-order valence-electron chi connectivity index (χ3n) is 3.76. The minimum Gasteiger partial charge on any atom is -0.340 e. The minimum absolute atomic E-state index is 0.298. The highest BCUT2D eigenvalue weighted by atomic mass is 19.4. The quantitative estimate of drug-likeness (QED) is 0.668. The number of benzene rings is 2. The van der Waals surface area contributed by atoms with Gasteiger partial charge in [-0.1, -0.05) is 6.07 Å². The lowest BCUT2D eigenvalue weighted by molar-refractivity contribution is -0.137. The number of nitrogens with one attached hydrogen (secondary N) is 2. The summed E-state index contributed by atoms with van der Waals surface area (Å²) in [6.07, 6.45) is -3.00. The highest BCUT2D eigenvalue weighted by Gasteiger charge is 2.29. The summed E-state index contributed by atoms with van der Waals surface area (Å²) in [7, 11) is 0. The first-order valence-corrected chi connectivity index (χ1v) is 8.07. The van der Waals surface area contributed by atoms with Crippen molar-refractivity contribution in [3.05, 3.63) is 83.6 Å². The van der Waals surface area contributed by atoms with Crippen molar-refractivity contribution in [1.82, 2.24) is 4.98 Å². The summed E-state index contributed by atoms with van der Waals surface area (Å²) in [5.74, 6) is -0.105. The lowest BCUT2D eigenvalue weighted by atomic mass is 10.2. The third-order valence-corrected chi connectivity index (χ3v) is 3.76. The van der Waals surface area contributed by atoms with Gasteiger partial charge in [-0.2, -0.15) is 18.4 Å². The van der Waals surface area contributed by atoms with E-state index in [1.165, 1.54) is 30.5 Å². The molecule has 0 atom stereocenters. The molecule has 0 aliphatic heterocycles. The van der Waals surface area contributed by atoms with Gasteiger partial charge in [0.2, 0.25) is 0 Å². The van der Waals surface area contributed by atoms with Crippen LogP contribution in [0.4, 0.5) is 30.4 Å². The molecule has 1 heterocycles. The van der Waals surface area contributed by atoms with E-state index in [2.05, 4.69) is 15.6 Å². The van der Waals surface area contributed by atoms with E-state index in [0.29, 0.717) is 28.3 Å². The number of carbonyl (C=O) groups excluding carboxylic acids is 1. The lowest BCUT2D eigenvalue weighted by Gasteiger charge is -2.10. The number of rotatable bonds is 4. The predicted octanol–water partition coefficient (Wildman–Crippen LogP) is 4.97. The zero-order valence-corrected chi connectivity index (χ0v) is 14.3. The molecule has 8 heteroatoms. The molecule has 3 rings (SSSR count). The molecule has 28 heavy (non-hydrogen) atoms. The van der Waals surface area contributed by atoms with Crippen LogP contribution >= 0.6 is 0 Å². The summed E-state index contributed by atoms with van der Waals surface area (Å²) in [6, 6.07) is 15.9. The third kappa shape index (κ3) is 4.65. The molecule has 1 aromatic heterocycles. The van der Waals surface area contributed by atoms with Gasteiger partial charge in [0, 0.05) is 23.1 Å². The van der Waals surface area contributed by atoms with Gasteiger partial charge in [0.25, 0.3) is 5.91 Å². The standard InChI is InChI=1S/C20H13F3N4O/c21-20(22,23)15-4-6-16(7-5-15)26-18-11-14(8-9-25-18)19(28)27-17-3-1-2-13(10-17)12-24/h1-11H,(H,25,26)(H,27,28). The monoisotopic (exact) mass is 382 g/mol. The zero-order chi connectivity index (χ0) is 20.1. The Morgan fingerprint density at radius 1 is 1.00 bits per heavy atom. The van der Waals surface area contributed by atoms with Crippen LogP contribution in [0.5, 0.6) is 0 Å². The van der Waals surface area contributed by atoms with E-state index < -0.39 is 17.6 Å². The first-order chi connectivity index (χ1) is 13.3. The van der Waals surface area contributed by atoms with Crippen LogP contribution < -0.4 is 10.6 Å². The Morgan fingerprint density at radius 3 is 2.43 bits per heavy atom. The molecule has 2 N–H and O–H groups in total. The average Bonchev–Trinajstić information content (AvgIpc) is 2.68. The lowest BCUT2D eigenvalue weighted by Crippen LogP contribution is -2.12. The van der Waals surface area contributed by atoms with Crippen LogP contribution in [-0.4, -0.2) is 10.9 Å². The maximum atomic E-state index is 12.6. The molecule has 0 aliphatic rings. The molecular formula is C20H13F3N4O. The highest BCUT2D eigenvalue weighted by molar-refractivity contribution is 6.04. The first-order valence-electron chi connectivity index (χ1n) is 8.07. The number of carbonyl (C=O) groups is 1. The number of hydrogen-bond donors (Lipinski definition) is 2. The van der Waals surface area contributed by atoms with E-state index in [9.17, 15) is 18.0 Å². The fourth-order valence-electron chi connectivity index (χ4n) is 2.40. The van der Waals surface area contributed by atoms with Gasteiger partial charge in [0.1, 0.15) is 5.82 Å². The van der Waals surface area contributed by atoms with Crippen LogP contribution in [0, 0.1) is 11.3 Å². The van der Waals surface area contributed by atoms with Crippen molar-refractivity contribution in [2.75, 3.05) is 10.6 Å². The van der Waals surface area contributed by atoms with Gasteiger partial charge in [-0.05, 0) is 54.6 Å². The molecule has 1 amide bonds. The number of pyridine rings is 1. The Bertz CT molecular complexity index is 1040. The summed E-state index contributed by atoms with van der Waals surface area (Å²) in [6.45, 7) is 0. The van der Waals surface area contributed by atoms with Gasteiger partial charge in [-0.25, -0.2) is 4.98 Å². The molecular weight excluding hydrogens is 369 g/mol. The fraction of sp³-hybridized carbons (Fsp3) is 0.0500. The van der Waals surface area contributed by atoms with Crippen molar-refractivity contribution in [3.63, 3.8) is 0 Å². The van der Waals surface area contributed by atoms with Gasteiger partial charge in [0.05, 0.1) is 17.2 Å². The average molecular weight is 382 g/mol. The smallest absolute Gasteiger partial charge is 0.340 e. The minimum atomic E-state index is -4.41. The summed E-state index contributed by atoms with van der Waals surface area (Å²) < 4.78 is 37.9. The predicted molar refractivity (Wildman–Crippen MR) is 98.1 cm³/mol. The molecule has 0 saturated heterocycles.